The van der Waals surface area contributed by atoms with Crippen molar-refractivity contribution < 1.29 is 13.3 Å². The lowest BCUT2D eigenvalue weighted by Gasteiger charge is -2.14. The van der Waals surface area contributed by atoms with E-state index in [2.05, 4.69) is 0 Å². The molecule has 1 heterocycles. The van der Waals surface area contributed by atoms with Crippen LogP contribution < -0.4 is 5.14 Å². The molecule has 6 heteroatoms. The van der Waals surface area contributed by atoms with Crippen molar-refractivity contribution in [2.24, 2.45) is 5.14 Å². The Morgan fingerprint density at radius 2 is 2.18 bits per heavy atom. The van der Waals surface area contributed by atoms with E-state index in [0.29, 0.717) is 13.0 Å². The lowest BCUT2D eigenvalue weighted by atomic mass is 10.4. The highest BCUT2D eigenvalue weighted by atomic mass is 32.2. The average Bonchev–Trinajstić information content (AvgIpc) is 2.10. The zero-order valence-electron chi connectivity index (χ0n) is 5.93. The Morgan fingerprint density at radius 1 is 1.45 bits per heavy atom. The molecule has 0 spiro atoms. The molecule has 0 amide bonds. The molecule has 64 valence electrons. The van der Waals surface area contributed by atoms with Gasteiger partial charge >= 0.3 is 0 Å². The predicted molar refractivity (Wildman–Crippen MR) is 39.5 cm³/mol. The summed E-state index contributed by atoms with van der Waals surface area (Å²) in [5.74, 6) is 0. The summed E-state index contributed by atoms with van der Waals surface area (Å²) in [7, 11) is -3.69. The number of nitrogens with two attached hydrogens (primary N) is 1. The molecule has 0 saturated carbocycles. The second-order valence-electron chi connectivity index (χ2n) is 2.12. The Hall–Kier alpha value is -0.430. The van der Waals surface area contributed by atoms with Crippen LogP contribution in [0.15, 0.2) is 12.2 Å². The van der Waals surface area contributed by atoms with Gasteiger partial charge in [-0.3, -0.25) is 4.84 Å². The minimum absolute atomic E-state index is 0.193. The van der Waals surface area contributed by atoms with Crippen LogP contribution in [0.3, 0.4) is 0 Å². The molecule has 1 aliphatic heterocycles. The van der Waals surface area contributed by atoms with Crippen LogP contribution >= 0.6 is 0 Å². The Labute approximate surface area is 65.6 Å². The first-order valence-corrected chi connectivity index (χ1v) is 4.69. The van der Waals surface area contributed by atoms with Gasteiger partial charge in [-0.1, -0.05) is 16.6 Å². The van der Waals surface area contributed by atoms with Gasteiger partial charge in [0.05, 0.1) is 13.2 Å². The maximum absolute atomic E-state index is 10.7. The highest BCUT2D eigenvalue weighted by molar-refractivity contribution is 7.86. The minimum Gasteiger partial charge on any atom is -0.283 e. The third kappa shape index (κ3) is 2.58. The van der Waals surface area contributed by atoms with Crippen LogP contribution in [-0.2, 0) is 15.0 Å². The third-order valence-corrected chi connectivity index (χ3v) is 2.05. The van der Waals surface area contributed by atoms with Gasteiger partial charge in [-0.2, -0.15) is 8.42 Å². The first-order chi connectivity index (χ1) is 5.11. The summed E-state index contributed by atoms with van der Waals surface area (Å²) in [6.45, 7) is 0.547. The molecule has 1 aliphatic rings. The van der Waals surface area contributed by atoms with E-state index in [1.54, 1.807) is 6.08 Å². The number of hydroxylamine groups is 1. The fourth-order valence-corrected chi connectivity index (χ4v) is 1.25. The summed E-state index contributed by atoms with van der Waals surface area (Å²) >= 11 is 0. The zero-order valence-corrected chi connectivity index (χ0v) is 6.75. The molecule has 0 atom stereocenters. The Balaban J connectivity index is 2.66. The molecule has 0 bridgehead atoms. The molecule has 0 radical (unpaired) electrons. The Kier molecular flexibility index (Phi) is 2.61. The van der Waals surface area contributed by atoms with Gasteiger partial charge in [0.15, 0.2) is 0 Å². The second kappa shape index (κ2) is 3.31. The molecule has 0 aromatic rings. The number of hydrogen-bond donors (Lipinski definition) is 1. The number of hydrogen-bond acceptors (Lipinski definition) is 3. The van der Waals surface area contributed by atoms with E-state index in [1.165, 1.54) is 0 Å². The number of rotatable bonds is 1. The Bertz CT molecular complexity index is 246. The van der Waals surface area contributed by atoms with Crippen LogP contribution in [-0.4, -0.2) is 26.0 Å². The monoisotopic (exact) mass is 178 g/mol. The van der Waals surface area contributed by atoms with Gasteiger partial charge in [0, 0.05) is 0 Å². The second-order valence-corrected chi connectivity index (χ2v) is 3.56. The Morgan fingerprint density at radius 3 is 2.82 bits per heavy atom. The van der Waals surface area contributed by atoms with E-state index < -0.39 is 10.2 Å². The molecule has 0 aliphatic carbocycles. The average molecular weight is 178 g/mol. The quantitative estimate of drug-likeness (QED) is 0.544. The van der Waals surface area contributed by atoms with E-state index in [0.717, 1.165) is 4.47 Å². The highest BCUT2D eigenvalue weighted by Gasteiger charge is 2.17. The van der Waals surface area contributed by atoms with Crippen molar-refractivity contribution >= 4 is 10.2 Å². The van der Waals surface area contributed by atoms with Gasteiger partial charge in [0.25, 0.3) is 10.2 Å². The fraction of sp³-hybridized carbons (Fsp3) is 0.600. The smallest absolute Gasteiger partial charge is 0.283 e. The topological polar surface area (TPSA) is 72.6 Å². The largest absolute Gasteiger partial charge is 0.299 e. The van der Waals surface area contributed by atoms with Crippen molar-refractivity contribution in [2.45, 2.75) is 6.42 Å². The van der Waals surface area contributed by atoms with Crippen LogP contribution in [0.1, 0.15) is 6.42 Å². The van der Waals surface area contributed by atoms with E-state index in [4.69, 9.17) is 9.98 Å². The lowest BCUT2D eigenvalue weighted by Crippen LogP contribution is -2.36. The zero-order chi connectivity index (χ0) is 8.32. The molecule has 11 heavy (non-hydrogen) atoms. The summed E-state index contributed by atoms with van der Waals surface area (Å²) in [6, 6.07) is 0. The van der Waals surface area contributed by atoms with Gasteiger partial charge in [0.1, 0.15) is 0 Å². The maximum atomic E-state index is 10.7. The molecular formula is C5H10N2O3S. The predicted octanol–water partition coefficient (Wildman–Crippen LogP) is -0.617. The van der Waals surface area contributed by atoms with Crippen LogP contribution in [0.5, 0.6) is 0 Å². The molecule has 0 aromatic heterocycles. The van der Waals surface area contributed by atoms with Crippen molar-refractivity contribution in [3.8, 4) is 0 Å². The van der Waals surface area contributed by atoms with Crippen LogP contribution in [0, 0.1) is 0 Å². The summed E-state index contributed by atoms with van der Waals surface area (Å²) in [6.07, 6.45) is 4.27. The summed E-state index contributed by atoms with van der Waals surface area (Å²) < 4.78 is 22.1. The van der Waals surface area contributed by atoms with Crippen molar-refractivity contribution in [2.75, 3.05) is 13.2 Å². The van der Waals surface area contributed by atoms with Gasteiger partial charge in [-0.25, -0.2) is 5.14 Å². The first kappa shape index (κ1) is 8.66. The summed E-state index contributed by atoms with van der Waals surface area (Å²) in [4.78, 5) is 4.83. The molecular weight excluding hydrogens is 168 g/mol. The molecule has 2 N–H and O–H groups in total. The van der Waals surface area contributed by atoms with E-state index >= 15 is 0 Å². The molecule has 1 rings (SSSR count). The normalized spacial score (nSPS) is 21.5. The van der Waals surface area contributed by atoms with Crippen molar-refractivity contribution in [1.82, 2.24) is 4.47 Å². The van der Waals surface area contributed by atoms with Crippen molar-refractivity contribution in [3.05, 3.63) is 12.2 Å². The van der Waals surface area contributed by atoms with Crippen LogP contribution in [0.2, 0.25) is 0 Å². The SMILES string of the molecule is NS(=O)(=O)N1CC=CCCO1. The maximum Gasteiger partial charge on any atom is 0.299 e. The lowest BCUT2D eigenvalue weighted by molar-refractivity contribution is -0.0710. The van der Waals surface area contributed by atoms with Gasteiger partial charge < -0.3 is 0 Å². The van der Waals surface area contributed by atoms with E-state index in [1.807, 2.05) is 6.08 Å². The van der Waals surface area contributed by atoms with Gasteiger partial charge in [-0.15, -0.1) is 0 Å². The molecule has 0 unspecified atom stereocenters. The van der Waals surface area contributed by atoms with Crippen molar-refractivity contribution in [3.63, 3.8) is 0 Å². The molecule has 0 saturated heterocycles. The molecule has 5 nitrogen and oxygen atoms in total. The summed E-state index contributed by atoms with van der Waals surface area (Å²) in [5.41, 5.74) is 0. The van der Waals surface area contributed by atoms with Crippen molar-refractivity contribution in [1.29, 1.82) is 0 Å². The fourth-order valence-electron chi connectivity index (χ4n) is 0.731. The standard InChI is InChI=1S/C5H10N2O3S/c6-11(8,9)7-4-2-1-3-5-10-7/h1-2H,3-5H2,(H2,6,8,9). The molecule has 0 fully saturated rings. The highest BCUT2D eigenvalue weighted by Crippen LogP contribution is 2.02. The molecule has 0 aromatic carbocycles. The van der Waals surface area contributed by atoms with Gasteiger partial charge in [-0.05, 0) is 6.42 Å². The van der Waals surface area contributed by atoms with E-state index in [9.17, 15) is 8.42 Å². The van der Waals surface area contributed by atoms with E-state index in [-0.39, 0.29) is 6.54 Å². The summed E-state index contributed by atoms with van der Waals surface area (Å²) in [5, 5.41) is 4.82. The first-order valence-electron chi connectivity index (χ1n) is 3.19. The van der Waals surface area contributed by atoms with Gasteiger partial charge in [0.2, 0.25) is 0 Å². The minimum atomic E-state index is -3.69. The third-order valence-electron chi connectivity index (χ3n) is 1.22. The number of nitrogens with zero attached hydrogens (tertiary/aromatic N) is 1. The van der Waals surface area contributed by atoms with Crippen LogP contribution in [0.4, 0.5) is 0 Å². The van der Waals surface area contributed by atoms with Crippen LogP contribution in [0.25, 0.3) is 0 Å².